The van der Waals surface area contributed by atoms with E-state index in [0.717, 1.165) is 11.3 Å². The second kappa shape index (κ2) is 5.31. The predicted molar refractivity (Wildman–Crippen MR) is 76.2 cm³/mol. The predicted octanol–water partition coefficient (Wildman–Crippen LogP) is 2.92. The van der Waals surface area contributed by atoms with Crippen molar-refractivity contribution in [1.29, 1.82) is 0 Å². The smallest absolute Gasteiger partial charge is 0.266 e. The SMILES string of the molecule is Cc1cc(OCc2cc(=O)n(C)n2C)c(Cl)cc1Cl. The van der Waals surface area contributed by atoms with Gasteiger partial charge in [0.05, 0.1) is 10.7 Å². The first-order chi connectivity index (χ1) is 8.90. The van der Waals surface area contributed by atoms with Crippen molar-refractivity contribution in [3.05, 3.63) is 49.9 Å². The summed E-state index contributed by atoms with van der Waals surface area (Å²) in [4.78, 5) is 11.5. The Morgan fingerprint density at radius 1 is 1.11 bits per heavy atom. The largest absolute Gasteiger partial charge is 0.486 e. The van der Waals surface area contributed by atoms with Crippen LogP contribution in [0.5, 0.6) is 5.75 Å². The minimum atomic E-state index is -0.0699. The fourth-order valence-electron chi connectivity index (χ4n) is 1.70. The van der Waals surface area contributed by atoms with Crippen LogP contribution >= 0.6 is 23.2 Å². The van der Waals surface area contributed by atoms with Crippen molar-refractivity contribution in [3.63, 3.8) is 0 Å². The Morgan fingerprint density at radius 3 is 2.37 bits per heavy atom. The van der Waals surface area contributed by atoms with Crippen molar-refractivity contribution in [2.45, 2.75) is 13.5 Å². The summed E-state index contributed by atoms with van der Waals surface area (Å²) in [5.41, 5.74) is 1.60. The summed E-state index contributed by atoms with van der Waals surface area (Å²) in [5.74, 6) is 0.555. The molecule has 0 saturated carbocycles. The molecule has 1 aromatic carbocycles. The maximum Gasteiger partial charge on any atom is 0.266 e. The zero-order valence-corrected chi connectivity index (χ0v) is 12.4. The standard InChI is InChI=1S/C13H14Cl2N2O2/c1-8-4-12(11(15)6-10(8)14)19-7-9-5-13(18)17(3)16(9)2/h4-6H,7H2,1-3H3. The minimum Gasteiger partial charge on any atom is -0.486 e. The molecule has 6 heteroatoms. The lowest BCUT2D eigenvalue weighted by Gasteiger charge is -2.11. The first kappa shape index (κ1) is 14.0. The van der Waals surface area contributed by atoms with E-state index in [1.807, 2.05) is 6.92 Å². The molecule has 0 spiro atoms. The third-order valence-electron chi connectivity index (χ3n) is 3.06. The van der Waals surface area contributed by atoms with E-state index in [4.69, 9.17) is 27.9 Å². The molecule has 0 fully saturated rings. The van der Waals surface area contributed by atoms with Gasteiger partial charge >= 0.3 is 0 Å². The number of aromatic nitrogens is 2. The van der Waals surface area contributed by atoms with E-state index in [0.29, 0.717) is 15.8 Å². The summed E-state index contributed by atoms with van der Waals surface area (Å²) >= 11 is 12.0. The van der Waals surface area contributed by atoms with E-state index in [1.54, 1.807) is 30.9 Å². The van der Waals surface area contributed by atoms with E-state index in [2.05, 4.69) is 0 Å². The van der Waals surface area contributed by atoms with Gasteiger partial charge in [-0.3, -0.25) is 14.2 Å². The first-order valence-electron chi connectivity index (χ1n) is 5.70. The lowest BCUT2D eigenvalue weighted by Crippen LogP contribution is -2.17. The highest BCUT2D eigenvalue weighted by Gasteiger charge is 2.09. The van der Waals surface area contributed by atoms with Crippen LogP contribution in [-0.2, 0) is 20.7 Å². The number of aryl methyl sites for hydroxylation is 1. The molecule has 1 aromatic heterocycles. The van der Waals surface area contributed by atoms with E-state index in [-0.39, 0.29) is 12.2 Å². The number of nitrogens with zero attached hydrogens (tertiary/aromatic N) is 2. The Hall–Kier alpha value is -1.39. The summed E-state index contributed by atoms with van der Waals surface area (Å²) in [6.07, 6.45) is 0. The quantitative estimate of drug-likeness (QED) is 0.874. The van der Waals surface area contributed by atoms with Gasteiger partial charge in [0.1, 0.15) is 12.4 Å². The summed E-state index contributed by atoms with van der Waals surface area (Å²) in [6.45, 7) is 2.15. The number of hydrogen-bond donors (Lipinski definition) is 0. The minimum absolute atomic E-state index is 0.0699. The van der Waals surface area contributed by atoms with Crippen LogP contribution in [0.25, 0.3) is 0 Å². The summed E-state index contributed by atoms with van der Waals surface area (Å²) in [6, 6.07) is 4.97. The molecule has 0 amide bonds. The molecule has 1 heterocycles. The van der Waals surface area contributed by atoms with Crippen LogP contribution in [0.4, 0.5) is 0 Å². The molecule has 102 valence electrons. The zero-order chi connectivity index (χ0) is 14.2. The van der Waals surface area contributed by atoms with Gasteiger partial charge in [-0.1, -0.05) is 23.2 Å². The summed E-state index contributed by atoms with van der Waals surface area (Å²) < 4.78 is 8.89. The van der Waals surface area contributed by atoms with Gasteiger partial charge in [0.2, 0.25) is 0 Å². The maximum atomic E-state index is 11.5. The molecule has 0 aliphatic heterocycles. The Bertz CT molecular complexity index is 674. The number of ether oxygens (including phenoxy) is 1. The van der Waals surface area contributed by atoms with Crippen LogP contribution in [0, 0.1) is 6.92 Å². The third-order valence-corrected chi connectivity index (χ3v) is 3.77. The van der Waals surface area contributed by atoms with Crippen molar-refractivity contribution in [2.75, 3.05) is 0 Å². The summed E-state index contributed by atoms with van der Waals surface area (Å²) in [7, 11) is 3.50. The van der Waals surface area contributed by atoms with Crippen LogP contribution in [0.2, 0.25) is 10.0 Å². The number of hydrogen-bond acceptors (Lipinski definition) is 2. The molecular weight excluding hydrogens is 287 g/mol. The molecule has 0 bridgehead atoms. The Labute approximate surface area is 121 Å². The highest BCUT2D eigenvalue weighted by molar-refractivity contribution is 6.35. The van der Waals surface area contributed by atoms with Crippen molar-refractivity contribution in [3.8, 4) is 5.75 Å². The van der Waals surface area contributed by atoms with Gasteiger partial charge in [0.25, 0.3) is 5.56 Å². The van der Waals surface area contributed by atoms with Crippen molar-refractivity contribution < 1.29 is 4.74 Å². The van der Waals surface area contributed by atoms with Gasteiger partial charge in [0.15, 0.2) is 0 Å². The molecule has 0 radical (unpaired) electrons. The topological polar surface area (TPSA) is 36.2 Å². The van der Waals surface area contributed by atoms with Gasteiger partial charge < -0.3 is 4.74 Å². The normalized spacial score (nSPS) is 10.8. The van der Waals surface area contributed by atoms with Gasteiger partial charge in [-0.15, -0.1) is 0 Å². The van der Waals surface area contributed by atoms with Crippen LogP contribution in [-0.4, -0.2) is 9.36 Å². The molecular formula is C13H14Cl2N2O2. The molecule has 19 heavy (non-hydrogen) atoms. The van der Waals surface area contributed by atoms with Gasteiger partial charge in [-0.25, -0.2) is 0 Å². The molecule has 4 nitrogen and oxygen atoms in total. The van der Waals surface area contributed by atoms with Gasteiger partial charge in [-0.05, 0) is 24.6 Å². The molecule has 2 aromatic rings. The molecule has 0 unspecified atom stereocenters. The van der Waals surface area contributed by atoms with E-state index in [9.17, 15) is 4.79 Å². The van der Waals surface area contributed by atoms with E-state index in [1.165, 1.54) is 10.7 Å². The molecule has 0 aliphatic carbocycles. The van der Waals surface area contributed by atoms with Crippen LogP contribution in [0.1, 0.15) is 11.3 Å². The Morgan fingerprint density at radius 2 is 1.79 bits per heavy atom. The van der Waals surface area contributed by atoms with E-state index >= 15 is 0 Å². The van der Waals surface area contributed by atoms with Crippen molar-refractivity contribution in [1.82, 2.24) is 9.36 Å². The molecule has 0 atom stereocenters. The van der Waals surface area contributed by atoms with Crippen LogP contribution in [0.15, 0.2) is 23.0 Å². The van der Waals surface area contributed by atoms with Crippen LogP contribution in [0.3, 0.4) is 0 Å². The maximum absolute atomic E-state index is 11.5. The Kier molecular flexibility index (Phi) is 3.92. The molecule has 0 aliphatic rings. The molecule has 0 N–H and O–H groups in total. The fraction of sp³-hybridized carbons (Fsp3) is 0.308. The number of halogens is 2. The van der Waals surface area contributed by atoms with E-state index < -0.39 is 0 Å². The lowest BCUT2D eigenvalue weighted by atomic mass is 10.2. The van der Waals surface area contributed by atoms with Gasteiger partial charge in [-0.2, -0.15) is 0 Å². The molecule has 2 rings (SSSR count). The summed E-state index contributed by atoms with van der Waals surface area (Å²) in [5, 5.41) is 1.06. The highest BCUT2D eigenvalue weighted by atomic mass is 35.5. The zero-order valence-electron chi connectivity index (χ0n) is 10.9. The average Bonchev–Trinajstić information content (AvgIpc) is 2.60. The first-order valence-corrected chi connectivity index (χ1v) is 6.46. The molecule has 0 saturated heterocycles. The van der Waals surface area contributed by atoms with Gasteiger partial charge in [0, 0.05) is 25.2 Å². The lowest BCUT2D eigenvalue weighted by molar-refractivity contribution is 0.291. The third kappa shape index (κ3) is 2.80. The number of rotatable bonds is 3. The average molecular weight is 301 g/mol. The van der Waals surface area contributed by atoms with Crippen molar-refractivity contribution >= 4 is 23.2 Å². The number of benzene rings is 1. The monoisotopic (exact) mass is 300 g/mol. The van der Waals surface area contributed by atoms with Crippen molar-refractivity contribution in [2.24, 2.45) is 14.1 Å². The fourth-order valence-corrected chi connectivity index (χ4v) is 2.14. The Balaban J connectivity index is 2.21. The van der Waals surface area contributed by atoms with Crippen LogP contribution < -0.4 is 10.3 Å². The second-order valence-corrected chi connectivity index (χ2v) is 5.16. The highest BCUT2D eigenvalue weighted by Crippen LogP contribution is 2.31. The second-order valence-electron chi connectivity index (χ2n) is 4.34.